The molecule has 2 heterocycles. The Bertz CT molecular complexity index is 695. The van der Waals surface area contributed by atoms with Crippen LogP contribution in [-0.2, 0) is 10.0 Å². The maximum atomic E-state index is 11.8. The fraction of sp³-hybridized carbons (Fsp3) is 0.778. The van der Waals surface area contributed by atoms with Crippen LogP contribution in [0.5, 0.6) is 0 Å². The monoisotopic (exact) mass is 526 g/mol. The molecular weight excluding hydrogens is 491 g/mol. The summed E-state index contributed by atoms with van der Waals surface area (Å²) < 4.78 is 27.2. The summed E-state index contributed by atoms with van der Waals surface area (Å²) in [5.74, 6) is 1.64. The Morgan fingerprint density at radius 1 is 1.39 bits per heavy atom. The average Bonchev–Trinajstić information content (AvgIpc) is 3.19. The molecule has 2 atom stereocenters. The predicted octanol–water partition coefficient (Wildman–Crippen LogP) is 2.02. The van der Waals surface area contributed by atoms with Crippen molar-refractivity contribution in [3.8, 4) is 0 Å². The molecule has 10 heteroatoms. The molecule has 2 rings (SSSR count). The molecule has 0 radical (unpaired) electrons. The summed E-state index contributed by atoms with van der Waals surface area (Å²) in [6.07, 6.45) is 7.55. The van der Waals surface area contributed by atoms with Gasteiger partial charge in [-0.15, -0.1) is 24.0 Å². The number of nitrogens with zero attached hydrogens (tertiary/aromatic N) is 5. The molecule has 1 aromatic heterocycles. The SMILES string of the molecule is CCNC(=NCCCN(C)S(=O)(=O)CC)N1CCC(C)C(n2ccnc2)C1.I. The Kier molecular flexibility index (Phi) is 10.7. The lowest BCUT2D eigenvalue weighted by Crippen LogP contribution is -2.49. The fourth-order valence-electron chi connectivity index (χ4n) is 3.36. The first-order valence-corrected chi connectivity index (χ1v) is 11.4. The Labute approximate surface area is 186 Å². The maximum Gasteiger partial charge on any atom is 0.213 e. The second-order valence-corrected chi connectivity index (χ2v) is 9.47. The summed E-state index contributed by atoms with van der Waals surface area (Å²) in [6, 6.07) is 0.380. The third kappa shape index (κ3) is 6.87. The molecule has 1 aliphatic heterocycles. The molecule has 0 aliphatic carbocycles. The Hall–Kier alpha value is -0.880. The largest absolute Gasteiger partial charge is 0.357 e. The van der Waals surface area contributed by atoms with Gasteiger partial charge in [0.2, 0.25) is 10.0 Å². The normalized spacial score (nSPS) is 20.9. The topological polar surface area (TPSA) is 82.8 Å². The second-order valence-electron chi connectivity index (χ2n) is 7.10. The predicted molar refractivity (Wildman–Crippen MR) is 125 cm³/mol. The number of rotatable bonds is 8. The van der Waals surface area contributed by atoms with Crippen LogP contribution in [0.1, 0.15) is 39.7 Å². The van der Waals surface area contributed by atoms with Gasteiger partial charge >= 0.3 is 0 Å². The Balaban J connectivity index is 0.00000392. The van der Waals surface area contributed by atoms with Crippen molar-refractivity contribution in [1.82, 2.24) is 24.1 Å². The van der Waals surface area contributed by atoms with Crippen LogP contribution in [0.3, 0.4) is 0 Å². The van der Waals surface area contributed by atoms with Gasteiger partial charge in [0, 0.05) is 52.2 Å². The van der Waals surface area contributed by atoms with Gasteiger partial charge in [-0.1, -0.05) is 6.92 Å². The lowest BCUT2D eigenvalue weighted by atomic mass is 9.93. The zero-order valence-corrected chi connectivity index (χ0v) is 20.6. The van der Waals surface area contributed by atoms with Gasteiger partial charge in [0.25, 0.3) is 0 Å². The molecule has 0 aromatic carbocycles. The van der Waals surface area contributed by atoms with E-state index in [1.54, 1.807) is 14.0 Å². The molecule has 1 saturated heterocycles. The van der Waals surface area contributed by atoms with E-state index in [9.17, 15) is 8.42 Å². The van der Waals surface area contributed by atoms with Crippen molar-refractivity contribution < 1.29 is 8.42 Å². The highest BCUT2D eigenvalue weighted by atomic mass is 127. The number of aliphatic imine (C=N–C) groups is 1. The first-order valence-electron chi connectivity index (χ1n) is 9.83. The van der Waals surface area contributed by atoms with E-state index >= 15 is 0 Å². The molecule has 2 unspecified atom stereocenters. The maximum absolute atomic E-state index is 11.8. The third-order valence-electron chi connectivity index (χ3n) is 5.19. The van der Waals surface area contributed by atoms with Gasteiger partial charge < -0.3 is 14.8 Å². The van der Waals surface area contributed by atoms with Gasteiger partial charge in [-0.05, 0) is 32.6 Å². The number of imidazole rings is 1. The number of piperidine rings is 1. The summed E-state index contributed by atoms with van der Waals surface area (Å²) in [6.45, 7) is 9.80. The summed E-state index contributed by atoms with van der Waals surface area (Å²) in [5.41, 5.74) is 0. The number of sulfonamides is 1. The number of nitrogens with one attached hydrogen (secondary N) is 1. The summed E-state index contributed by atoms with van der Waals surface area (Å²) >= 11 is 0. The van der Waals surface area contributed by atoms with Crippen LogP contribution in [0, 0.1) is 5.92 Å². The van der Waals surface area contributed by atoms with Crippen molar-refractivity contribution in [2.24, 2.45) is 10.9 Å². The molecular formula is C18H35IN6O2S. The van der Waals surface area contributed by atoms with E-state index in [0.717, 1.165) is 32.0 Å². The molecule has 1 N–H and O–H groups in total. The van der Waals surface area contributed by atoms with Crippen LogP contribution in [-0.4, -0.2) is 78.7 Å². The highest BCUT2D eigenvalue weighted by Crippen LogP contribution is 2.27. The number of hydrogen-bond donors (Lipinski definition) is 1. The van der Waals surface area contributed by atoms with Gasteiger partial charge in [-0.3, -0.25) is 4.99 Å². The smallest absolute Gasteiger partial charge is 0.213 e. The van der Waals surface area contributed by atoms with Crippen molar-refractivity contribution >= 4 is 40.0 Å². The Morgan fingerprint density at radius 3 is 2.75 bits per heavy atom. The zero-order chi connectivity index (χ0) is 19.9. The molecule has 0 spiro atoms. The van der Waals surface area contributed by atoms with Crippen LogP contribution < -0.4 is 5.32 Å². The van der Waals surface area contributed by atoms with Crippen LogP contribution in [0.15, 0.2) is 23.7 Å². The number of hydrogen-bond acceptors (Lipinski definition) is 4. The minimum atomic E-state index is -3.12. The third-order valence-corrected chi connectivity index (χ3v) is 7.06. The van der Waals surface area contributed by atoms with Gasteiger partial charge in [0.1, 0.15) is 0 Å². The molecule has 0 saturated carbocycles. The lowest BCUT2D eigenvalue weighted by molar-refractivity contribution is 0.189. The molecule has 0 bridgehead atoms. The standard InChI is InChI=1S/C18H34N6O2S.HI/c1-5-20-18(21-9-7-11-22(4)27(25,26)6-2)23-12-8-16(3)17(14-23)24-13-10-19-15-24;/h10,13,15-17H,5-9,11-12,14H2,1-4H3,(H,20,21);1H. The van der Waals surface area contributed by atoms with Crippen LogP contribution in [0.2, 0.25) is 0 Å². The molecule has 1 fully saturated rings. The summed E-state index contributed by atoms with van der Waals surface area (Å²) in [4.78, 5) is 11.2. The second kappa shape index (κ2) is 12.0. The van der Waals surface area contributed by atoms with E-state index in [4.69, 9.17) is 4.99 Å². The average molecular weight is 526 g/mol. The molecule has 162 valence electrons. The van der Waals surface area contributed by atoms with Gasteiger partial charge in [0.05, 0.1) is 18.1 Å². The Morgan fingerprint density at radius 2 is 2.14 bits per heavy atom. The van der Waals surface area contributed by atoms with Crippen LogP contribution in [0.4, 0.5) is 0 Å². The minimum absolute atomic E-state index is 0. The molecule has 1 aromatic rings. The van der Waals surface area contributed by atoms with Crippen molar-refractivity contribution in [2.75, 3.05) is 45.5 Å². The highest BCUT2D eigenvalue weighted by molar-refractivity contribution is 14.0. The van der Waals surface area contributed by atoms with Crippen molar-refractivity contribution in [3.63, 3.8) is 0 Å². The zero-order valence-electron chi connectivity index (χ0n) is 17.4. The molecule has 0 amide bonds. The van der Waals surface area contributed by atoms with E-state index in [2.05, 4.69) is 33.6 Å². The number of halogens is 1. The van der Waals surface area contributed by atoms with Crippen LogP contribution >= 0.6 is 24.0 Å². The summed E-state index contributed by atoms with van der Waals surface area (Å²) in [7, 11) is -1.48. The van der Waals surface area contributed by atoms with Crippen LogP contribution in [0.25, 0.3) is 0 Å². The fourth-order valence-corrected chi connectivity index (χ4v) is 4.21. The van der Waals surface area contributed by atoms with Crippen molar-refractivity contribution in [2.45, 2.75) is 39.7 Å². The quantitative estimate of drug-likeness (QED) is 0.243. The number of likely N-dealkylation sites (tertiary alicyclic amines) is 1. The lowest BCUT2D eigenvalue weighted by Gasteiger charge is -2.39. The molecule has 1 aliphatic rings. The van der Waals surface area contributed by atoms with E-state index in [-0.39, 0.29) is 29.7 Å². The van der Waals surface area contributed by atoms with Crippen molar-refractivity contribution in [3.05, 3.63) is 18.7 Å². The number of aromatic nitrogens is 2. The molecule has 28 heavy (non-hydrogen) atoms. The summed E-state index contributed by atoms with van der Waals surface area (Å²) in [5, 5.41) is 3.38. The highest BCUT2D eigenvalue weighted by Gasteiger charge is 2.28. The first-order chi connectivity index (χ1) is 12.9. The van der Waals surface area contributed by atoms with Gasteiger partial charge in [0.15, 0.2) is 5.96 Å². The van der Waals surface area contributed by atoms with Crippen molar-refractivity contribution in [1.29, 1.82) is 0 Å². The van der Waals surface area contributed by atoms with Gasteiger partial charge in [-0.2, -0.15) is 0 Å². The molecule has 8 nitrogen and oxygen atoms in total. The number of guanidine groups is 1. The van der Waals surface area contributed by atoms with E-state index in [1.807, 2.05) is 18.7 Å². The van der Waals surface area contributed by atoms with E-state index in [0.29, 0.717) is 31.5 Å². The minimum Gasteiger partial charge on any atom is -0.357 e. The van der Waals surface area contributed by atoms with E-state index < -0.39 is 10.0 Å². The van der Waals surface area contributed by atoms with E-state index in [1.165, 1.54) is 4.31 Å². The first kappa shape index (κ1) is 25.2. The van der Waals surface area contributed by atoms with Gasteiger partial charge in [-0.25, -0.2) is 17.7 Å².